The molecule has 3 aromatic heterocycles. The second kappa shape index (κ2) is 7.72. The lowest BCUT2D eigenvalue weighted by molar-refractivity contribution is 0.201. The average molecular weight is 371 g/mol. The summed E-state index contributed by atoms with van der Waals surface area (Å²) in [5.74, 6) is 2.70. The molecule has 0 N–H and O–H groups in total. The molecular weight excluding hydrogens is 344 g/mol. The smallest absolute Gasteiger partial charge is 0.153 e. The monoisotopic (exact) mass is 370 g/mol. The summed E-state index contributed by atoms with van der Waals surface area (Å²) in [5.41, 5.74) is 0. The Hall–Kier alpha value is -1.99. The Labute approximate surface area is 158 Å². The van der Waals surface area contributed by atoms with Gasteiger partial charge in [0, 0.05) is 41.2 Å². The van der Waals surface area contributed by atoms with Crippen molar-refractivity contribution in [1.82, 2.24) is 29.2 Å². The Balaban J connectivity index is 1.40. The van der Waals surface area contributed by atoms with Crippen LogP contribution in [0.2, 0.25) is 0 Å². The van der Waals surface area contributed by atoms with Crippen LogP contribution in [-0.2, 0) is 19.6 Å². The fourth-order valence-electron chi connectivity index (χ4n) is 3.80. The summed E-state index contributed by atoms with van der Waals surface area (Å²) in [6.45, 7) is 9.36. The van der Waals surface area contributed by atoms with E-state index in [-0.39, 0.29) is 0 Å². The molecule has 1 fully saturated rings. The summed E-state index contributed by atoms with van der Waals surface area (Å²) in [4.78, 5) is 9.56. The van der Waals surface area contributed by atoms with E-state index in [4.69, 9.17) is 0 Å². The number of thiophene rings is 1. The molecule has 138 valence electrons. The maximum atomic E-state index is 4.57. The number of likely N-dealkylation sites (tertiary alicyclic amines) is 1. The molecule has 4 heterocycles. The summed E-state index contributed by atoms with van der Waals surface area (Å²) in [6, 6.07) is 4.49. The maximum Gasteiger partial charge on any atom is 0.153 e. The standard InChI is InChI=1S/C19H26N6S/c1-3-25-18(13-24-11-8-20-14-24)21-22-19(25)16-6-9-23(10-7-16)12-17-5-4-15(2)26-17/h4-5,8,11,14,16H,3,6-7,9-10,12-13H2,1-2H3. The minimum Gasteiger partial charge on any atom is -0.330 e. The van der Waals surface area contributed by atoms with Gasteiger partial charge in [0.05, 0.1) is 12.9 Å². The van der Waals surface area contributed by atoms with Gasteiger partial charge in [0.25, 0.3) is 0 Å². The van der Waals surface area contributed by atoms with Crippen LogP contribution >= 0.6 is 11.3 Å². The number of hydrogen-bond donors (Lipinski definition) is 0. The van der Waals surface area contributed by atoms with Crippen LogP contribution in [0.5, 0.6) is 0 Å². The molecule has 6 nitrogen and oxygen atoms in total. The number of rotatable bonds is 6. The van der Waals surface area contributed by atoms with E-state index in [0.29, 0.717) is 5.92 Å². The number of imidazole rings is 1. The third kappa shape index (κ3) is 3.73. The Morgan fingerprint density at radius 1 is 1.15 bits per heavy atom. The normalized spacial score (nSPS) is 16.4. The van der Waals surface area contributed by atoms with E-state index in [1.165, 1.54) is 9.75 Å². The third-order valence-corrected chi connectivity index (χ3v) is 6.17. The predicted molar refractivity (Wildman–Crippen MR) is 103 cm³/mol. The number of nitrogens with zero attached hydrogens (tertiary/aromatic N) is 6. The summed E-state index contributed by atoms with van der Waals surface area (Å²) >= 11 is 1.91. The summed E-state index contributed by atoms with van der Waals surface area (Å²) in [5, 5.41) is 9.05. The van der Waals surface area contributed by atoms with E-state index in [1.807, 2.05) is 28.4 Å². The van der Waals surface area contributed by atoms with Gasteiger partial charge in [-0.05, 0) is 51.9 Å². The molecule has 1 aliphatic rings. The molecule has 0 bridgehead atoms. The van der Waals surface area contributed by atoms with E-state index in [2.05, 4.69) is 50.6 Å². The molecule has 0 radical (unpaired) electrons. The Morgan fingerprint density at radius 2 is 2.00 bits per heavy atom. The van der Waals surface area contributed by atoms with Crippen LogP contribution in [0, 0.1) is 6.92 Å². The third-order valence-electron chi connectivity index (χ3n) is 5.18. The molecule has 1 saturated heterocycles. The van der Waals surface area contributed by atoms with Crippen molar-refractivity contribution < 1.29 is 0 Å². The van der Waals surface area contributed by atoms with Crippen LogP contribution in [-0.4, -0.2) is 42.3 Å². The summed E-state index contributed by atoms with van der Waals surface area (Å²) < 4.78 is 4.34. The van der Waals surface area contributed by atoms with E-state index in [1.54, 1.807) is 6.20 Å². The summed E-state index contributed by atoms with van der Waals surface area (Å²) in [6.07, 6.45) is 7.93. The fraction of sp³-hybridized carbons (Fsp3) is 0.526. The van der Waals surface area contributed by atoms with Gasteiger partial charge in [0.2, 0.25) is 0 Å². The van der Waals surface area contributed by atoms with Gasteiger partial charge in [-0.3, -0.25) is 4.90 Å². The van der Waals surface area contributed by atoms with Crippen molar-refractivity contribution in [2.45, 2.75) is 52.2 Å². The molecule has 0 aromatic carbocycles. The maximum absolute atomic E-state index is 4.57. The Morgan fingerprint density at radius 3 is 2.65 bits per heavy atom. The van der Waals surface area contributed by atoms with Gasteiger partial charge in [-0.25, -0.2) is 4.98 Å². The van der Waals surface area contributed by atoms with Gasteiger partial charge in [-0.1, -0.05) is 0 Å². The highest BCUT2D eigenvalue weighted by atomic mass is 32.1. The van der Waals surface area contributed by atoms with E-state index in [9.17, 15) is 0 Å². The number of aromatic nitrogens is 5. The second-order valence-electron chi connectivity index (χ2n) is 7.02. The lowest BCUT2D eigenvalue weighted by Gasteiger charge is -2.31. The van der Waals surface area contributed by atoms with Crippen LogP contribution < -0.4 is 0 Å². The van der Waals surface area contributed by atoms with Gasteiger partial charge in [-0.15, -0.1) is 21.5 Å². The van der Waals surface area contributed by atoms with Crippen molar-refractivity contribution in [2.75, 3.05) is 13.1 Å². The number of piperidine rings is 1. The second-order valence-corrected chi connectivity index (χ2v) is 8.39. The molecule has 1 aliphatic heterocycles. The number of hydrogen-bond acceptors (Lipinski definition) is 5. The van der Waals surface area contributed by atoms with Crippen LogP contribution in [0.25, 0.3) is 0 Å². The predicted octanol–water partition coefficient (Wildman–Crippen LogP) is 3.29. The van der Waals surface area contributed by atoms with Gasteiger partial charge < -0.3 is 9.13 Å². The van der Waals surface area contributed by atoms with Crippen LogP contribution in [0.4, 0.5) is 0 Å². The van der Waals surface area contributed by atoms with Crippen molar-refractivity contribution in [1.29, 1.82) is 0 Å². The molecule has 0 unspecified atom stereocenters. The van der Waals surface area contributed by atoms with Gasteiger partial charge in [0.15, 0.2) is 5.82 Å². The molecule has 0 saturated carbocycles. The lowest BCUT2D eigenvalue weighted by atomic mass is 9.96. The first-order chi connectivity index (χ1) is 12.7. The van der Waals surface area contributed by atoms with E-state index >= 15 is 0 Å². The average Bonchev–Trinajstić information content (AvgIpc) is 3.38. The van der Waals surface area contributed by atoms with Gasteiger partial charge in [-0.2, -0.15) is 0 Å². The van der Waals surface area contributed by atoms with Crippen LogP contribution in [0.15, 0.2) is 30.9 Å². The minimum absolute atomic E-state index is 0.514. The van der Waals surface area contributed by atoms with Gasteiger partial charge >= 0.3 is 0 Å². The van der Waals surface area contributed by atoms with E-state index in [0.717, 1.165) is 57.2 Å². The van der Waals surface area contributed by atoms with Crippen molar-refractivity contribution in [2.24, 2.45) is 0 Å². The molecule has 0 atom stereocenters. The Kier molecular flexibility index (Phi) is 5.17. The molecule has 4 rings (SSSR count). The molecule has 0 spiro atoms. The quantitative estimate of drug-likeness (QED) is 0.668. The van der Waals surface area contributed by atoms with E-state index < -0.39 is 0 Å². The highest BCUT2D eigenvalue weighted by molar-refractivity contribution is 7.11. The minimum atomic E-state index is 0.514. The Bertz CT molecular complexity index is 826. The molecule has 3 aromatic rings. The first-order valence-corrected chi connectivity index (χ1v) is 10.2. The lowest BCUT2D eigenvalue weighted by Crippen LogP contribution is -2.33. The number of aryl methyl sites for hydroxylation is 1. The first-order valence-electron chi connectivity index (χ1n) is 9.38. The zero-order valence-electron chi connectivity index (χ0n) is 15.5. The fourth-order valence-corrected chi connectivity index (χ4v) is 4.73. The highest BCUT2D eigenvalue weighted by Gasteiger charge is 2.26. The molecule has 7 heteroatoms. The van der Waals surface area contributed by atoms with Crippen molar-refractivity contribution >= 4 is 11.3 Å². The van der Waals surface area contributed by atoms with Crippen molar-refractivity contribution in [3.8, 4) is 0 Å². The molecular formula is C19H26N6S. The topological polar surface area (TPSA) is 51.8 Å². The first kappa shape index (κ1) is 17.4. The highest BCUT2D eigenvalue weighted by Crippen LogP contribution is 2.29. The van der Waals surface area contributed by atoms with Crippen LogP contribution in [0.3, 0.4) is 0 Å². The largest absolute Gasteiger partial charge is 0.330 e. The SMILES string of the molecule is CCn1c(Cn2ccnc2)nnc1C1CCN(Cc2ccc(C)s2)CC1. The van der Waals surface area contributed by atoms with Crippen molar-refractivity contribution in [3.63, 3.8) is 0 Å². The van der Waals surface area contributed by atoms with Crippen LogP contribution in [0.1, 0.15) is 47.1 Å². The molecule has 26 heavy (non-hydrogen) atoms. The summed E-state index contributed by atoms with van der Waals surface area (Å²) in [7, 11) is 0. The van der Waals surface area contributed by atoms with Crippen molar-refractivity contribution in [3.05, 3.63) is 52.3 Å². The zero-order valence-corrected chi connectivity index (χ0v) is 16.3. The molecule has 0 aliphatic carbocycles. The zero-order chi connectivity index (χ0) is 17.9. The molecule has 0 amide bonds. The van der Waals surface area contributed by atoms with Gasteiger partial charge in [0.1, 0.15) is 5.82 Å².